The van der Waals surface area contributed by atoms with Crippen LogP contribution in [0.5, 0.6) is 5.88 Å². The van der Waals surface area contributed by atoms with Gasteiger partial charge in [-0.15, -0.1) is 9.89 Å². The van der Waals surface area contributed by atoms with Crippen LogP contribution >= 0.6 is 0 Å². The van der Waals surface area contributed by atoms with Crippen LogP contribution < -0.4 is 15.9 Å². The number of carbonyl (C=O) groups is 1. The van der Waals surface area contributed by atoms with Gasteiger partial charge in [0, 0.05) is 13.1 Å². The summed E-state index contributed by atoms with van der Waals surface area (Å²) in [5.41, 5.74) is -1.23. The molecular weight excluding hydrogens is 217 g/mol. The molecule has 15 heavy (non-hydrogen) atoms. The van der Waals surface area contributed by atoms with Gasteiger partial charge >= 0.3 is 12.3 Å². The van der Waals surface area contributed by atoms with Crippen molar-refractivity contribution in [3.8, 4) is 5.88 Å². The highest BCUT2D eigenvalue weighted by molar-refractivity contribution is 5.69. The standard InChI is InChI=1S/C6H7F3N4O2/c1-11-5(14)15-4-2-3(6(7,8)9)12-13(4)10/h2H,10H2,1H3,(H,11,14). The number of nitrogen functional groups attached to an aromatic ring is 1. The summed E-state index contributed by atoms with van der Waals surface area (Å²) in [6, 6.07) is 0.523. The predicted octanol–water partition coefficient (Wildman–Crippen LogP) is 0.334. The van der Waals surface area contributed by atoms with Crippen LogP contribution in [-0.4, -0.2) is 23.0 Å². The van der Waals surface area contributed by atoms with E-state index >= 15 is 0 Å². The fourth-order valence-electron chi connectivity index (χ4n) is 0.738. The van der Waals surface area contributed by atoms with Crippen LogP contribution in [0.15, 0.2) is 6.07 Å². The monoisotopic (exact) mass is 224 g/mol. The second-order valence-electron chi connectivity index (χ2n) is 2.45. The van der Waals surface area contributed by atoms with Crippen molar-refractivity contribution in [1.82, 2.24) is 15.2 Å². The van der Waals surface area contributed by atoms with E-state index in [0.717, 1.165) is 0 Å². The Morgan fingerprint density at radius 2 is 2.27 bits per heavy atom. The molecule has 0 unspecified atom stereocenters. The van der Waals surface area contributed by atoms with Gasteiger partial charge in [-0.2, -0.15) is 13.2 Å². The Kier molecular flexibility index (Phi) is 2.73. The molecule has 1 rings (SSSR count). The van der Waals surface area contributed by atoms with Crippen molar-refractivity contribution in [3.05, 3.63) is 11.8 Å². The molecule has 84 valence electrons. The molecular formula is C6H7F3N4O2. The molecule has 0 aromatic carbocycles. The molecule has 9 heteroatoms. The molecule has 0 atom stereocenters. The first kappa shape index (κ1) is 11.1. The maximum absolute atomic E-state index is 12.1. The third-order valence-electron chi connectivity index (χ3n) is 1.39. The van der Waals surface area contributed by atoms with E-state index < -0.39 is 23.8 Å². The number of halogens is 3. The van der Waals surface area contributed by atoms with E-state index in [9.17, 15) is 18.0 Å². The smallest absolute Gasteiger partial charge is 0.390 e. The van der Waals surface area contributed by atoms with E-state index in [1.807, 2.05) is 5.32 Å². The number of ether oxygens (including phenoxy) is 1. The van der Waals surface area contributed by atoms with E-state index in [-0.39, 0.29) is 0 Å². The molecule has 1 aromatic heterocycles. The number of nitrogens with two attached hydrogens (primary N) is 1. The fourth-order valence-corrected chi connectivity index (χ4v) is 0.738. The number of nitrogens with zero attached hydrogens (tertiary/aromatic N) is 2. The van der Waals surface area contributed by atoms with Crippen molar-refractivity contribution in [3.63, 3.8) is 0 Å². The Bertz CT molecular complexity index is 373. The van der Waals surface area contributed by atoms with Gasteiger partial charge in [0.15, 0.2) is 5.69 Å². The molecule has 0 bridgehead atoms. The molecule has 1 heterocycles. The van der Waals surface area contributed by atoms with E-state index in [1.54, 1.807) is 0 Å². The molecule has 3 N–H and O–H groups in total. The van der Waals surface area contributed by atoms with Crippen LogP contribution in [0.3, 0.4) is 0 Å². The van der Waals surface area contributed by atoms with Crippen LogP contribution in [0.4, 0.5) is 18.0 Å². The molecule has 0 saturated carbocycles. The Morgan fingerprint density at radius 1 is 1.67 bits per heavy atom. The largest absolute Gasteiger partial charge is 0.435 e. The summed E-state index contributed by atoms with van der Waals surface area (Å²) in [7, 11) is 1.25. The highest BCUT2D eigenvalue weighted by Gasteiger charge is 2.35. The summed E-state index contributed by atoms with van der Waals surface area (Å²) in [6.45, 7) is 0. The molecule has 1 amide bonds. The fraction of sp³-hybridized carbons (Fsp3) is 0.333. The van der Waals surface area contributed by atoms with Crippen LogP contribution in [-0.2, 0) is 6.18 Å². The average molecular weight is 224 g/mol. The second-order valence-corrected chi connectivity index (χ2v) is 2.45. The molecule has 0 spiro atoms. The summed E-state index contributed by atoms with van der Waals surface area (Å²) in [5.74, 6) is 4.54. The number of rotatable bonds is 1. The molecule has 0 fully saturated rings. The molecule has 6 nitrogen and oxygen atoms in total. The number of amides is 1. The predicted molar refractivity (Wildman–Crippen MR) is 42.5 cm³/mol. The second kappa shape index (κ2) is 3.67. The third kappa shape index (κ3) is 2.51. The molecule has 0 saturated heterocycles. The van der Waals surface area contributed by atoms with Crippen molar-refractivity contribution in [1.29, 1.82) is 0 Å². The highest BCUT2D eigenvalue weighted by atomic mass is 19.4. The first-order valence-electron chi connectivity index (χ1n) is 3.66. The van der Waals surface area contributed by atoms with Crippen LogP contribution in [0.25, 0.3) is 0 Å². The zero-order chi connectivity index (χ0) is 11.6. The maximum Gasteiger partial charge on any atom is 0.435 e. The summed E-state index contributed by atoms with van der Waals surface area (Å²) < 4.78 is 40.7. The number of alkyl halides is 3. The van der Waals surface area contributed by atoms with Gasteiger partial charge < -0.3 is 15.9 Å². The van der Waals surface area contributed by atoms with Crippen molar-refractivity contribution < 1.29 is 22.7 Å². The molecule has 0 aliphatic heterocycles. The van der Waals surface area contributed by atoms with E-state index in [0.29, 0.717) is 10.9 Å². The normalized spacial score (nSPS) is 11.2. The Hall–Kier alpha value is -1.93. The first-order chi connectivity index (χ1) is 6.84. The lowest BCUT2D eigenvalue weighted by Gasteiger charge is -2.00. The number of carbonyl (C=O) groups excluding carboxylic acids is 1. The lowest BCUT2D eigenvalue weighted by Crippen LogP contribution is -2.24. The van der Waals surface area contributed by atoms with Crippen molar-refractivity contribution in [2.75, 3.05) is 12.9 Å². The van der Waals surface area contributed by atoms with Gasteiger partial charge in [0.05, 0.1) is 0 Å². The van der Waals surface area contributed by atoms with E-state index in [4.69, 9.17) is 5.84 Å². The molecule has 1 aromatic rings. The van der Waals surface area contributed by atoms with Gasteiger partial charge in [0.25, 0.3) is 0 Å². The number of aromatic nitrogens is 2. The molecule has 0 aliphatic rings. The van der Waals surface area contributed by atoms with Gasteiger partial charge in [-0.3, -0.25) is 0 Å². The van der Waals surface area contributed by atoms with E-state index in [1.165, 1.54) is 7.05 Å². The summed E-state index contributed by atoms with van der Waals surface area (Å²) in [6.07, 6.45) is -5.57. The molecule has 0 aliphatic carbocycles. The SMILES string of the molecule is CNC(=O)Oc1cc(C(F)(F)F)nn1N. The van der Waals surface area contributed by atoms with Gasteiger partial charge in [-0.1, -0.05) is 0 Å². The maximum atomic E-state index is 12.1. The number of hydrogen-bond donors (Lipinski definition) is 2. The minimum absolute atomic E-state index is 0.331. The lowest BCUT2D eigenvalue weighted by molar-refractivity contribution is -0.141. The van der Waals surface area contributed by atoms with Crippen LogP contribution in [0.2, 0.25) is 0 Å². The minimum atomic E-state index is -4.63. The summed E-state index contributed by atoms with van der Waals surface area (Å²) in [5, 5.41) is 4.98. The number of hydrogen-bond acceptors (Lipinski definition) is 4. The van der Waals surface area contributed by atoms with Crippen molar-refractivity contribution >= 4 is 6.09 Å². The number of nitrogens with one attached hydrogen (secondary N) is 1. The Morgan fingerprint density at radius 3 is 2.67 bits per heavy atom. The van der Waals surface area contributed by atoms with Crippen molar-refractivity contribution in [2.45, 2.75) is 6.18 Å². The zero-order valence-corrected chi connectivity index (χ0v) is 7.50. The minimum Gasteiger partial charge on any atom is -0.390 e. The van der Waals surface area contributed by atoms with Crippen LogP contribution in [0.1, 0.15) is 5.69 Å². The average Bonchev–Trinajstić information content (AvgIpc) is 2.47. The highest BCUT2D eigenvalue weighted by Crippen LogP contribution is 2.29. The Labute approximate surface area is 81.8 Å². The lowest BCUT2D eigenvalue weighted by atomic mass is 10.4. The summed E-state index contributed by atoms with van der Waals surface area (Å²) >= 11 is 0. The van der Waals surface area contributed by atoms with E-state index in [2.05, 4.69) is 9.84 Å². The van der Waals surface area contributed by atoms with Gasteiger partial charge in [-0.05, 0) is 0 Å². The third-order valence-corrected chi connectivity index (χ3v) is 1.39. The quantitative estimate of drug-likeness (QED) is 0.673. The first-order valence-corrected chi connectivity index (χ1v) is 3.66. The molecule has 0 radical (unpaired) electrons. The van der Waals surface area contributed by atoms with Gasteiger partial charge in [-0.25, -0.2) is 4.79 Å². The van der Waals surface area contributed by atoms with Gasteiger partial charge in [0.1, 0.15) is 0 Å². The van der Waals surface area contributed by atoms with Crippen molar-refractivity contribution in [2.24, 2.45) is 0 Å². The summed E-state index contributed by atoms with van der Waals surface area (Å²) in [4.78, 5) is 11.0. The van der Waals surface area contributed by atoms with Crippen LogP contribution in [0, 0.1) is 0 Å². The Balaban J connectivity index is 2.92. The zero-order valence-electron chi connectivity index (χ0n) is 7.50. The topological polar surface area (TPSA) is 82.2 Å². The van der Waals surface area contributed by atoms with Gasteiger partial charge in [0.2, 0.25) is 5.88 Å².